The molecule has 1 unspecified atom stereocenters. The van der Waals surface area contributed by atoms with Gasteiger partial charge in [-0.25, -0.2) is 13.2 Å². The third-order valence-electron chi connectivity index (χ3n) is 5.54. The van der Waals surface area contributed by atoms with Gasteiger partial charge in [0.25, 0.3) is 11.5 Å². The number of nitrogens with zero attached hydrogens (tertiary/aromatic N) is 2. The lowest BCUT2D eigenvalue weighted by molar-refractivity contribution is -0.141. The number of ether oxygens (including phenoxy) is 1. The summed E-state index contributed by atoms with van der Waals surface area (Å²) in [6.45, 7) is 2.09. The van der Waals surface area contributed by atoms with E-state index in [2.05, 4.69) is 4.98 Å². The Hall–Kier alpha value is -3.50. The van der Waals surface area contributed by atoms with Crippen LogP contribution < -0.4 is 5.56 Å². The molecule has 1 atom stereocenters. The van der Waals surface area contributed by atoms with E-state index in [0.29, 0.717) is 10.8 Å². The highest BCUT2D eigenvalue weighted by molar-refractivity contribution is 7.89. The summed E-state index contributed by atoms with van der Waals surface area (Å²) in [5.41, 5.74) is -0.466. The van der Waals surface area contributed by atoms with Crippen LogP contribution in [-0.4, -0.2) is 66.8 Å². The molecule has 1 aliphatic heterocycles. The van der Waals surface area contributed by atoms with Crippen LogP contribution >= 0.6 is 0 Å². The lowest BCUT2D eigenvalue weighted by Gasteiger charge is -2.35. The van der Waals surface area contributed by atoms with Crippen molar-refractivity contribution in [2.24, 2.45) is 0 Å². The first-order chi connectivity index (χ1) is 15.8. The van der Waals surface area contributed by atoms with Crippen molar-refractivity contribution < 1.29 is 22.7 Å². The minimum Gasteiger partial charge on any atom is -0.448 e. The number of benzene rings is 2. The Bertz CT molecular complexity index is 1350. The maximum absolute atomic E-state index is 12.8. The third-order valence-corrected chi connectivity index (χ3v) is 7.45. The van der Waals surface area contributed by atoms with E-state index in [1.165, 1.54) is 34.3 Å². The summed E-state index contributed by atoms with van der Waals surface area (Å²) in [7, 11) is -3.63. The fourth-order valence-corrected chi connectivity index (χ4v) is 5.19. The van der Waals surface area contributed by atoms with Crippen LogP contribution in [0.2, 0.25) is 0 Å². The molecule has 1 N–H and O–H groups in total. The molecular weight excluding hydrogens is 446 g/mol. The first-order valence-corrected chi connectivity index (χ1v) is 11.9. The number of hydrogen-bond donors (Lipinski definition) is 1. The zero-order chi connectivity index (χ0) is 23.6. The maximum atomic E-state index is 12.8. The molecule has 9 nitrogen and oxygen atoms in total. The largest absolute Gasteiger partial charge is 0.448 e. The SMILES string of the molecule is CC(OC(=O)c1cc2ccccc2c(=O)[nH]1)C(=O)N1CCN(S(=O)(=O)c2ccccc2)CC1. The number of H-pyrrole nitrogens is 1. The number of pyridine rings is 1. The van der Waals surface area contributed by atoms with Gasteiger partial charge in [0.1, 0.15) is 5.69 Å². The number of aromatic amines is 1. The number of nitrogens with one attached hydrogen (secondary N) is 1. The van der Waals surface area contributed by atoms with Crippen LogP contribution in [0.3, 0.4) is 0 Å². The molecule has 0 spiro atoms. The van der Waals surface area contributed by atoms with Gasteiger partial charge >= 0.3 is 5.97 Å². The normalized spacial score (nSPS) is 15.8. The Morgan fingerprint density at radius 1 is 0.970 bits per heavy atom. The zero-order valence-corrected chi connectivity index (χ0v) is 18.7. The minimum atomic E-state index is -3.63. The molecule has 0 bridgehead atoms. The molecule has 0 saturated carbocycles. The smallest absolute Gasteiger partial charge is 0.355 e. The standard InChI is InChI=1S/C23H23N3O6S/c1-16(32-23(29)20-15-17-7-5-6-10-19(17)21(27)24-20)22(28)25-11-13-26(14-12-25)33(30,31)18-8-3-2-4-9-18/h2-10,15-16H,11-14H2,1H3,(H,24,27). The van der Waals surface area contributed by atoms with E-state index < -0.39 is 33.6 Å². The van der Waals surface area contributed by atoms with Gasteiger partial charge in [0.2, 0.25) is 10.0 Å². The van der Waals surface area contributed by atoms with Gasteiger partial charge in [0.05, 0.1) is 4.90 Å². The zero-order valence-electron chi connectivity index (χ0n) is 17.9. The quantitative estimate of drug-likeness (QED) is 0.568. The van der Waals surface area contributed by atoms with Crippen molar-refractivity contribution in [3.05, 3.63) is 76.7 Å². The Morgan fingerprint density at radius 3 is 2.30 bits per heavy atom. The molecule has 2 heterocycles. The Morgan fingerprint density at radius 2 is 1.61 bits per heavy atom. The van der Waals surface area contributed by atoms with E-state index >= 15 is 0 Å². The van der Waals surface area contributed by atoms with Gasteiger partial charge in [-0.05, 0) is 36.6 Å². The second kappa shape index (κ2) is 9.16. The summed E-state index contributed by atoms with van der Waals surface area (Å²) < 4.78 is 32.1. The summed E-state index contributed by atoms with van der Waals surface area (Å²) in [6.07, 6.45) is -1.09. The van der Waals surface area contributed by atoms with Crippen LogP contribution in [0.4, 0.5) is 0 Å². The summed E-state index contributed by atoms with van der Waals surface area (Å²) in [6, 6.07) is 16.5. The molecule has 10 heteroatoms. The number of carbonyl (C=O) groups is 2. The predicted molar refractivity (Wildman–Crippen MR) is 121 cm³/mol. The fraction of sp³-hybridized carbons (Fsp3) is 0.261. The van der Waals surface area contributed by atoms with Crippen molar-refractivity contribution in [1.29, 1.82) is 0 Å². The molecule has 33 heavy (non-hydrogen) atoms. The number of fused-ring (bicyclic) bond motifs is 1. The molecule has 1 fully saturated rings. The molecule has 3 aromatic rings. The van der Waals surface area contributed by atoms with Gasteiger partial charge in [-0.1, -0.05) is 36.4 Å². The minimum absolute atomic E-state index is 0.0443. The van der Waals surface area contributed by atoms with Gasteiger partial charge < -0.3 is 14.6 Å². The second-order valence-electron chi connectivity index (χ2n) is 7.69. The Labute approximate surface area is 190 Å². The second-order valence-corrected chi connectivity index (χ2v) is 9.63. The molecule has 4 rings (SSSR count). The van der Waals surface area contributed by atoms with Crippen LogP contribution in [-0.2, 0) is 19.6 Å². The van der Waals surface area contributed by atoms with E-state index in [4.69, 9.17) is 4.74 Å². The van der Waals surface area contributed by atoms with E-state index in [1.807, 2.05) is 0 Å². The number of amides is 1. The van der Waals surface area contributed by atoms with Crippen LogP contribution in [0.25, 0.3) is 10.8 Å². The van der Waals surface area contributed by atoms with Crippen molar-refractivity contribution in [1.82, 2.24) is 14.2 Å². The topological polar surface area (TPSA) is 117 Å². The molecule has 1 amide bonds. The average molecular weight is 470 g/mol. The van der Waals surface area contributed by atoms with Crippen molar-refractivity contribution in [2.45, 2.75) is 17.9 Å². The first kappa shape index (κ1) is 22.7. The lowest BCUT2D eigenvalue weighted by atomic mass is 10.1. The van der Waals surface area contributed by atoms with Crippen molar-refractivity contribution in [3.8, 4) is 0 Å². The summed E-state index contributed by atoms with van der Waals surface area (Å²) >= 11 is 0. The lowest BCUT2D eigenvalue weighted by Crippen LogP contribution is -2.52. The van der Waals surface area contributed by atoms with Crippen LogP contribution in [0.15, 0.2) is 70.4 Å². The van der Waals surface area contributed by atoms with Crippen molar-refractivity contribution in [2.75, 3.05) is 26.2 Å². The highest BCUT2D eigenvalue weighted by atomic mass is 32.2. The number of sulfonamides is 1. The van der Waals surface area contributed by atoms with Crippen LogP contribution in [0, 0.1) is 0 Å². The maximum Gasteiger partial charge on any atom is 0.355 e. The van der Waals surface area contributed by atoms with E-state index in [0.717, 1.165) is 0 Å². The Balaban J connectivity index is 1.38. The number of carbonyl (C=O) groups excluding carboxylic acids is 2. The monoisotopic (exact) mass is 469 g/mol. The molecule has 1 aromatic heterocycles. The molecule has 2 aromatic carbocycles. The van der Waals surface area contributed by atoms with Gasteiger partial charge in [0.15, 0.2) is 6.10 Å². The summed E-state index contributed by atoms with van der Waals surface area (Å²) in [4.78, 5) is 41.7. The van der Waals surface area contributed by atoms with E-state index in [9.17, 15) is 22.8 Å². The molecule has 1 saturated heterocycles. The van der Waals surface area contributed by atoms with Crippen LogP contribution in [0.1, 0.15) is 17.4 Å². The van der Waals surface area contributed by atoms with Crippen molar-refractivity contribution in [3.63, 3.8) is 0 Å². The molecule has 0 radical (unpaired) electrons. The van der Waals surface area contributed by atoms with Crippen LogP contribution in [0.5, 0.6) is 0 Å². The van der Waals surface area contributed by atoms with Gasteiger partial charge in [-0.15, -0.1) is 0 Å². The van der Waals surface area contributed by atoms with E-state index in [1.54, 1.807) is 42.5 Å². The van der Waals surface area contributed by atoms with E-state index in [-0.39, 0.29) is 36.8 Å². The van der Waals surface area contributed by atoms with Gasteiger partial charge in [-0.2, -0.15) is 4.31 Å². The number of aromatic nitrogens is 1. The molecule has 1 aliphatic rings. The number of rotatable bonds is 5. The first-order valence-electron chi connectivity index (χ1n) is 10.4. The highest BCUT2D eigenvalue weighted by Gasteiger charge is 2.32. The highest BCUT2D eigenvalue weighted by Crippen LogP contribution is 2.18. The Kier molecular flexibility index (Phi) is 6.30. The summed E-state index contributed by atoms with van der Waals surface area (Å²) in [5, 5.41) is 1.03. The summed E-state index contributed by atoms with van der Waals surface area (Å²) in [5.74, 6) is -1.24. The fourth-order valence-electron chi connectivity index (χ4n) is 3.74. The number of hydrogen-bond acceptors (Lipinski definition) is 6. The van der Waals surface area contributed by atoms with Crippen molar-refractivity contribution >= 4 is 32.7 Å². The van der Waals surface area contributed by atoms with Gasteiger partial charge in [-0.3, -0.25) is 9.59 Å². The third kappa shape index (κ3) is 4.67. The predicted octanol–water partition coefficient (Wildman–Crippen LogP) is 1.61. The molecule has 172 valence electrons. The number of esters is 1. The average Bonchev–Trinajstić information content (AvgIpc) is 2.84. The molecular formula is C23H23N3O6S. The van der Waals surface area contributed by atoms with Gasteiger partial charge in [0, 0.05) is 31.6 Å². The number of piperazine rings is 1. The molecule has 0 aliphatic carbocycles.